The van der Waals surface area contributed by atoms with Crippen molar-refractivity contribution in [1.29, 1.82) is 5.26 Å². The van der Waals surface area contributed by atoms with E-state index in [-0.39, 0.29) is 22.8 Å². The van der Waals surface area contributed by atoms with Gasteiger partial charge in [-0.25, -0.2) is 0 Å². The van der Waals surface area contributed by atoms with Crippen LogP contribution < -0.4 is 14.8 Å². The molecule has 4 bridgehead atoms. The van der Waals surface area contributed by atoms with Crippen LogP contribution in [0.5, 0.6) is 11.5 Å². The first-order valence-electron chi connectivity index (χ1n) is 14.2. The summed E-state index contributed by atoms with van der Waals surface area (Å²) >= 11 is 0. The van der Waals surface area contributed by atoms with Gasteiger partial charge in [0.25, 0.3) is 5.91 Å². The molecule has 8 nitrogen and oxygen atoms in total. The Labute approximate surface area is 239 Å². The van der Waals surface area contributed by atoms with Crippen molar-refractivity contribution in [3.8, 4) is 40.0 Å². The van der Waals surface area contributed by atoms with Gasteiger partial charge in [0, 0.05) is 11.1 Å². The molecule has 0 saturated heterocycles. The summed E-state index contributed by atoms with van der Waals surface area (Å²) in [6.45, 7) is -0.438. The molecule has 4 aliphatic carbocycles. The number of anilines is 1. The zero-order valence-electron chi connectivity index (χ0n) is 23.4. The van der Waals surface area contributed by atoms with Gasteiger partial charge in [-0.1, -0.05) is 12.1 Å². The molecule has 8 heteroatoms. The van der Waals surface area contributed by atoms with Crippen LogP contribution in [0.3, 0.4) is 0 Å². The largest absolute Gasteiger partial charge is 0.497 e. The molecule has 4 saturated carbocycles. The molecule has 0 atom stereocenters. The Bertz CT molecular complexity index is 1450. The van der Waals surface area contributed by atoms with Gasteiger partial charge in [0.1, 0.15) is 28.9 Å². The maximum atomic E-state index is 12.9. The number of nitrogens with one attached hydrogen (secondary N) is 1. The summed E-state index contributed by atoms with van der Waals surface area (Å²) < 4.78 is 22.1. The van der Waals surface area contributed by atoms with Crippen molar-refractivity contribution in [2.45, 2.75) is 44.9 Å². The fraction of sp³-hybridized carbons (Fsp3) is 0.424. The lowest BCUT2D eigenvalue weighted by molar-refractivity contribution is -0.154. The van der Waals surface area contributed by atoms with E-state index in [1.54, 1.807) is 38.5 Å². The average Bonchev–Trinajstić information content (AvgIpc) is 3.33. The topological polar surface area (TPSA) is 111 Å². The van der Waals surface area contributed by atoms with Crippen molar-refractivity contribution < 1.29 is 28.2 Å². The van der Waals surface area contributed by atoms with Crippen molar-refractivity contribution in [3.63, 3.8) is 0 Å². The molecule has 4 fully saturated rings. The summed E-state index contributed by atoms with van der Waals surface area (Å²) in [5.74, 6) is 3.09. The van der Waals surface area contributed by atoms with Crippen LogP contribution in [0.25, 0.3) is 22.5 Å². The summed E-state index contributed by atoms with van der Waals surface area (Å²) in [6.07, 6.45) is 7.58. The molecule has 0 radical (unpaired) electrons. The summed E-state index contributed by atoms with van der Waals surface area (Å²) in [4.78, 5) is 25.8. The molecule has 212 valence electrons. The van der Waals surface area contributed by atoms with Gasteiger partial charge in [-0.2, -0.15) is 5.26 Å². The van der Waals surface area contributed by atoms with E-state index in [0.717, 1.165) is 42.6 Å². The third-order valence-corrected chi connectivity index (χ3v) is 9.05. The highest BCUT2D eigenvalue weighted by atomic mass is 16.5. The lowest BCUT2D eigenvalue weighted by Gasteiger charge is -2.56. The molecular formula is C33H34N2O6. The van der Waals surface area contributed by atoms with E-state index in [1.807, 2.05) is 24.3 Å². The Balaban J connectivity index is 1.19. The molecule has 0 unspecified atom stereocenters. The molecule has 1 amide bonds. The minimum atomic E-state index is -0.559. The number of nitriles is 1. The lowest BCUT2D eigenvalue weighted by Crippen LogP contribution is -2.47. The predicted molar refractivity (Wildman–Crippen MR) is 152 cm³/mol. The summed E-state index contributed by atoms with van der Waals surface area (Å²) in [5.41, 5.74) is 2.18. The fourth-order valence-corrected chi connectivity index (χ4v) is 7.78. The van der Waals surface area contributed by atoms with Gasteiger partial charge in [-0.15, -0.1) is 0 Å². The zero-order chi connectivity index (χ0) is 28.6. The van der Waals surface area contributed by atoms with Crippen molar-refractivity contribution in [1.82, 2.24) is 0 Å². The Morgan fingerprint density at radius 1 is 0.902 bits per heavy atom. The molecule has 7 rings (SSSR count). The highest BCUT2D eigenvalue weighted by Gasteiger charge is 2.51. The Hall–Kier alpha value is -4.25. The Morgan fingerprint density at radius 2 is 1.44 bits per heavy atom. The van der Waals surface area contributed by atoms with Crippen LogP contribution in [0.4, 0.5) is 5.88 Å². The Morgan fingerprint density at radius 3 is 1.95 bits per heavy atom. The number of esters is 1. The molecule has 0 spiro atoms. The number of furan rings is 1. The average molecular weight is 555 g/mol. The van der Waals surface area contributed by atoms with E-state index in [0.29, 0.717) is 34.8 Å². The van der Waals surface area contributed by atoms with Crippen molar-refractivity contribution in [3.05, 3.63) is 54.1 Å². The fourth-order valence-electron chi connectivity index (χ4n) is 7.78. The molecule has 0 aliphatic heterocycles. The standard InChI is InChI=1S/C33H34N2O6/c1-38-25-7-3-23(4-8-25)30-27(18-34)32(41-31(30)24-5-9-26(39-2)10-6-24)35-28(36)19-40-29(37)17-33-14-20-11-21(15-33)13-22(12-20)16-33/h3-10,20-22H,11-17,19H2,1-2H3,(H,35,36). The highest BCUT2D eigenvalue weighted by Crippen LogP contribution is 2.61. The zero-order valence-corrected chi connectivity index (χ0v) is 23.4. The normalized spacial score (nSPS) is 24.0. The number of carbonyl (C=O) groups excluding carboxylic acids is 2. The van der Waals surface area contributed by atoms with E-state index in [1.165, 1.54) is 19.3 Å². The van der Waals surface area contributed by atoms with Crippen molar-refractivity contribution in [2.75, 3.05) is 26.1 Å². The third-order valence-electron chi connectivity index (χ3n) is 9.05. The number of carbonyl (C=O) groups is 2. The van der Waals surface area contributed by atoms with Gasteiger partial charge >= 0.3 is 5.97 Å². The number of amides is 1. The van der Waals surface area contributed by atoms with Crippen LogP contribution in [0, 0.1) is 34.5 Å². The van der Waals surface area contributed by atoms with Crippen LogP contribution in [-0.2, 0) is 14.3 Å². The maximum absolute atomic E-state index is 12.9. The molecule has 1 aromatic heterocycles. The van der Waals surface area contributed by atoms with Gasteiger partial charge in [0.05, 0.1) is 20.6 Å². The second kappa shape index (κ2) is 11.0. The summed E-state index contributed by atoms with van der Waals surface area (Å²) in [5, 5.41) is 12.8. The first kappa shape index (κ1) is 26.9. The molecule has 1 heterocycles. The molecule has 41 heavy (non-hydrogen) atoms. The lowest BCUT2D eigenvalue weighted by atomic mass is 9.49. The number of hydrogen-bond donors (Lipinski definition) is 1. The second-order valence-electron chi connectivity index (χ2n) is 11.9. The van der Waals surface area contributed by atoms with Crippen LogP contribution in [0.15, 0.2) is 52.9 Å². The number of methoxy groups -OCH3 is 2. The SMILES string of the molecule is COc1ccc(-c2oc(NC(=O)COC(=O)CC34CC5CC(CC(C5)C3)C4)c(C#N)c2-c2ccc(OC)cc2)cc1. The minimum Gasteiger partial charge on any atom is -0.497 e. The molecule has 2 aromatic carbocycles. The first-order valence-corrected chi connectivity index (χ1v) is 14.2. The highest BCUT2D eigenvalue weighted by molar-refractivity contribution is 5.96. The molecular weight excluding hydrogens is 520 g/mol. The van der Waals surface area contributed by atoms with Crippen molar-refractivity contribution in [2.24, 2.45) is 23.2 Å². The van der Waals surface area contributed by atoms with Crippen LogP contribution >= 0.6 is 0 Å². The number of rotatable bonds is 9. The van der Waals surface area contributed by atoms with Crippen LogP contribution in [0.2, 0.25) is 0 Å². The second-order valence-corrected chi connectivity index (χ2v) is 11.9. The monoisotopic (exact) mass is 554 g/mol. The van der Waals surface area contributed by atoms with E-state index in [4.69, 9.17) is 18.6 Å². The number of benzene rings is 2. The van der Waals surface area contributed by atoms with E-state index in [2.05, 4.69) is 11.4 Å². The molecule has 3 aromatic rings. The van der Waals surface area contributed by atoms with E-state index >= 15 is 0 Å². The van der Waals surface area contributed by atoms with Gasteiger partial charge < -0.3 is 18.6 Å². The quantitative estimate of drug-likeness (QED) is 0.297. The predicted octanol–water partition coefficient (Wildman–Crippen LogP) is 6.59. The Kier molecular flexibility index (Phi) is 7.21. The van der Waals surface area contributed by atoms with Gasteiger partial charge in [-0.05, 0) is 104 Å². The minimum absolute atomic E-state index is 0.00580. The number of ether oxygens (including phenoxy) is 3. The van der Waals surface area contributed by atoms with Gasteiger partial charge in [-0.3, -0.25) is 14.9 Å². The summed E-state index contributed by atoms with van der Waals surface area (Å²) in [6, 6.07) is 16.7. The molecule has 1 N–H and O–H groups in total. The third kappa shape index (κ3) is 5.41. The number of hydrogen-bond acceptors (Lipinski definition) is 7. The molecule has 4 aliphatic rings. The summed E-state index contributed by atoms with van der Waals surface area (Å²) in [7, 11) is 3.17. The maximum Gasteiger partial charge on any atom is 0.306 e. The smallest absolute Gasteiger partial charge is 0.306 e. The number of nitrogens with zero attached hydrogens (tertiary/aromatic N) is 1. The van der Waals surface area contributed by atoms with Crippen LogP contribution in [0.1, 0.15) is 50.5 Å². The van der Waals surface area contributed by atoms with E-state index in [9.17, 15) is 14.9 Å². The van der Waals surface area contributed by atoms with Gasteiger partial charge in [0.2, 0.25) is 5.88 Å². The van der Waals surface area contributed by atoms with Gasteiger partial charge in [0.15, 0.2) is 6.61 Å². The van der Waals surface area contributed by atoms with Crippen LogP contribution in [-0.4, -0.2) is 32.7 Å². The van der Waals surface area contributed by atoms with E-state index < -0.39 is 12.5 Å². The first-order chi connectivity index (χ1) is 19.9. The van der Waals surface area contributed by atoms with Crippen molar-refractivity contribution >= 4 is 17.8 Å².